The standard InChI is InChI=1S/C27H34O7S/c1-2-3-4-5-12-17-35-27-24(34-26(31)20-15-10-7-11-16-20)23(29)22(28)21(33-27)18-32-25(30)19-13-8-6-9-14-19/h6-11,13-16,21-24,27-29H,2-5,12,17-18H2,1H3/t21-,22-,23+,24+,27+/m1/s1. The third-order valence-electron chi connectivity index (χ3n) is 5.82. The van der Waals surface area contributed by atoms with Crippen LogP contribution in [0.4, 0.5) is 0 Å². The number of thioether (sulfide) groups is 1. The van der Waals surface area contributed by atoms with E-state index in [0.717, 1.165) is 31.4 Å². The molecule has 0 bridgehead atoms. The molecule has 8 heteroatoms. The second kappa shape index (κ2) is 14.2. The summed E-state index contributed by atoms with van der Waals surface area (Å²) in [7, 11) is 0. The predicted octanol–water partition coefficient (Wildman–Crippen LogP) is 4.22. The average Bonchev–Trinajstić information content (AvgIpc) is 2.89. The molecule has 35 heavy (non-hydrogen) atoms. The Morgan fingerprint density at radius 2 is 1.46 bits per heavy atom. The average molecular weight is 503 g/mol. The first-order valence-corrected chi connectivity index (χ1v) is 13.2. The lowest BCUT2D eigenvalue weighted by molar-refractivity contribution is -0.206. The van der Waals surface area contributed by atoms with Crippen molar-refractivity contribution in [2.75, 3.05) is 12.4 Å². The molecule has 0 saturated carbocycles. The number of aliphatic hydroxyl groups excluding tert-OH is 2. The number of carbonyl (C=O) groups excluding carboxylic acids is 2. The van der Waals surface area contributed by atoms with Crippen molar-refractivity contribution in [2.45, 2.75) is 68.9 Å². The molecule has 7 nitrogen and oxygen atoms in total. The number of aliphatic hydroxyl groups is 2. The number of ether oxygens (including phenoxy) is 3. The van der Waals surface area contributed by atoms with Gasteiger partial charge < -0.3 is 24.4 Å². The Morgan fingerprint density at radius 1 is 0.857 bits per heavy atom. The van der Waals surface area contributed by atoms with Crippen LogP contribution in [0.2, 0.25) is 0 Å². The lowest BCUT2D eigenvalue weighted by Gasteiger charge is -2.41. The first-order chi connectivity index (χ1) is 17.0. The van der Waals surface area contributed by atoms with Gasteiger partial charge in [0.2, 0.25) is 0 Å². The number of carbonyl (C=O) groups is 2. The summed E-state index contributed by atoms with van der Waals surface area (Å²) in [6.45, 7) is 1.92. The quantitative estimate of drug-likeness (QED) is 0.329. The minimum atomic E-state index is -1.39. The molecule has 0 radical (unpaired) electrons. The Balaban J connectivity index is 1.64. The van der Waals surface area contributed by atoms with Crippen molar-refractivity contribution in [1.29, 1.82) is 0 Å². The molecule has 190 valence electrons. The van der Waals surface area contributed by atoms with Crippen molar-refractivity contribution in [3.63, 3.8) is 0 Å². The van der Waals surface area contributed by atoms with E-state index in [-0.39, 0.29) is 6.61 Å². The molecule has 1 fully saturated rings. The van der Waals surface area contributed by atoms with Gasteiger partial charge in [0.15, 0.2) is 6.10 Å². The third-order valence-corrected chi connectivity index (χ3v) is 7.05. The van der Waals surface area contributed by atoms with Crippen molar-refractivity contribution >= 4 is 23.7 Å². The molecule has 2 aromatic rings. The molecule has 1 aliphatic heterocycles. The molecular weight excluding hydrogens is 468 g/mol. The first kappa shape index (κ1) is 27.2. The smallest absolute Gasteiger partial charge is 0.338 e. The summed E-state index contributed by atoms with van der Waals surface area (Å²) in [6.07, 6.45) is 0.700. The summed E-state index contributed by atoms with van der Waals surface area (Å²) in [5, 5.41) is 21.6. The molecule has 0 aromatic heterocycles. The SMILES string of the molecule is CCCCCCCS[C@@H]1O[C@H](COC(=O)c2ccccc2)[C@@H](O)[C@H](O)[C@@H]1OC(=O)c1ccccc1. The Hall–Kier alpha value is -2.39. The van der Waals surface area contributed by atoms with Crippen LogP contribution < -0.4 is 0 Å². The molecule has 1 aliphatic rings. The zero-order valence-electron chi connectivity index (χ0n) is 20.0. The fraction of sp³-hybridized carbons (Fsp3) is 0.481. The van der Waals surface area contributed by atoms with Crippen LogP contribution in [-0.4, -0.2) is 64.4 Å². The van der Waals surface area contributed by atoms with Gasteiger partial charge in [0.05, 0.1) is 11.1 Å². The molecule has 3 rings (SSSR count). The molecule has 1 saturated heterocycles. The lowest BCUT2D eigenvalue weighted by atomic mass is 10.00. The maximum atomic E-state index is 12.7. The number of unbranched alkanes of at least 4 members (excludes halogenated alkanes) is 4. The van der Waals surface area contributed by atoms with E-state index in [2.05, 4.69) is 6.92 Å². The summed E-state index contributed by atoms with van der Waals surface area (Å²) in [4.78, 5) is 25.0. The molecule has 0 aliphatic carbocycles. The zero-order valence-corrected chi connectivity index (χ0v) is 20.8. The van der Waals surface area contributed by atoms with Gasteiger partial charge in [-0.15, -0.1) is 11.8 Å². The van der Waals surface area contributed by atoms with Gasteiger partial charge in [-0.25, -0.2) is 9.59 Å². The topological polar surface area (TPSA) is 102 Å². The Kier molecular flexibility index (Phi) is 11.1. The largest absolute Gasteiger partial charge is 0.459 e. The number of hydrogen-bond donors (Lipinski definition) is 2. The van der Waals surface area contributed by atoms with Crippen molar-refractivity contribution in [3.8, 4) is 0 Å². The zero-order chi connectivity index (χ0) is 25.0. The highest BCUT2D eigenvalue weighted by Crippen LogP contribution is 2.32. The van der Waals surface area contributed by atoms with Gasteiger partial charge in [0, 0.05) is 0 Å². The molecule has 2 N–H and O–H groups in total. The molecule has 2 aromatic carbocycles. The molecule has 0 unspecified atom stereocenters. The monoisotopic (exact) mass is 502 g/mol. The van der Waals surface area contributed by atoms with E-state index in [9.17, 15) is 19.8 Å². The van der Waals surface area contributed by atoms with Crippen LogP contribution in [0.15, 0.2) is 60.7 Å². The van der Waals surface area contributed by atoms with Gasteiger partial charge >= 0.3 is 11.9 Å². The van der Waals surface area contributed by atoms with Gasteiger partial charge in [-0.05, 0) is 36.4 Å². The summed E-state index contributed by atoms with van der Waals surface area (Å²) >= 11 is 1.43. The summed E-state index contributed by atoms with van der Waals surface area (Å²) in [5.74, 6) is -0.408. The molecule has 0 spiro atoms. The normalized spacial score (nSPS) is 24.0. The van der Waals surface area contributed by atoms with Crippen LogP contribution >= 0.6 is 11.8 Å². The van der Waals surface area contributed by atoms with E-state index in [0.29, 0.717) is 11.1 Å². The van der Waals surface area contributed by atoms with E-state index < -0.39 is 41.8 Å². The predicted molar refractivity (Wildman–Crippen MR) is 134 cm³/mol. The molecule has 1 heterocycles. The fourth-order valence-electron chi connectivity index (χ4n) is 3.79. The van der Waals surface area contributed by atoms with E-state index in [1.54, 1.807) is 60.7 Å². The summed E-state index contributed by atoms with van der Waals surface area (Å²) in [6, 6.07) is 17.0. The van der Waals surface area contributed by atoms with Crippen LogP contribution in [0, 0.1) is 0 Å². The second-order valence-electron chi connectivity index (χ2n) is 8.51. The van der Waals surface area contributed by atoms with Crippen LogP contribution in [0.25, 0.3) is 0 Å². The maximum Gasteiger partial charge on any atom is 0.338 e. The van der Waals surface area contributed by atoms with Gasteiger partial charge in [0.1, 0.15) is 30.4 Å². The maximum absolute atomic E-state index is 12.7. The van der Waals surface area contributed by atoms with Crippen LogP contribution in [-0.2, 0) is 14.2 Å². The highest BCUT2D eigenvalue weighted by Gasteiger charge is 2.47. The van der Waals surface area contributed by atoms with Crippen molar-refractivity contribution in [2.24, 2.45) is 0 Å². The van der Waals surface area contributed by atoms with Gasteiger partial charge in [0.25, 0.3) is 0 Å². The van der Waals surface area contributed by atoms with Gasteiger partial charge in [-0.2, -0.15) is 0 Å². The van der Waals surface area contributed by atoms with Crippen LogP contribution in [0.3, 0.4) is 0 Å². The number of hydrogen-bond acceptors (Lipinski definition) is 8. The van der Waals surface area contributed by atoms with Crippen LogP contribution in [0.5, 0.6) is 0 Å². The summed E-state index contributed by atoms with van der Waals surface area (Å²) < 4.78 is 17.0. The second-order valence-corrected chi connectivity index (χ2v) is 9.72. The molecule has 5 atom stereocenters. The minimum Gasteiger partial charge on any atom is -0.459 e. The van der Waals surface area contributed by atoms with E-state index in [1.165, 1.54) is 18.2 Å². The Labute approximate surface area is 210 Å². The fourth-order valence-corrected chi connectivity index (χ4v) is 5.02. The molecule has 0 amide bonds. The van der Waals surface area contributed by atoms with Crippen molar-refractivity contribution in [1.82, 2.24) is 0 Å². The number of rotatable bonds is 12. The highest BCUT2D eigenvalue weighted by atomic mass is 32.2. The van der Waals surface area contributed by atoms with E-state index in [1.807, 2.05) is 0 Å². The van der Waals surface area contributed by atoms with Crippen LogP contribution in [0.1, 0.15) is 59.7 Å². The van der Waals surface area contributed by atoms with E-state index >= 15 is 0 Å². The number of benzene rings is 2. The Morgan fingerprint density at radius 3 is 2.09 bits per heavy atom. The van der Waals surface area contributed by atoms with Crippen molar-refractivity contribution in [3.05, 3.63) is 71.8 Å². The Bertz CT molecular complexity index is 906. The highest BCUT2D eigenvalue weighted by molar-refractivity contribution is 7.99. The van der Waals surface area contributed by atoms with Crippen molar-refractivity contribution < 1.29 is 34.0 Å². The number of esters is 2. The lowest BCUT2D eigenvalue weighted by Crippen LogP contribution is -2.59. The molecular formula is C27H34O7S. The van der Waals surface area contributed by atoms with E-state index in [4.69, 9.17) is 14.2 Å². The third kappa shape index (κ3) is 8.07. The minimum absolute atomic E-state index is 0.237. The van der Waals surface area contributed by atoms with Gasteiger partial charge in [-0.1, -0.05) is 69.0 Å². The van der Waals surface area contributed by atoms with Gasteiger partial charge in [-0.3, -0.25) is 0 Å². The summed E-state index contributed by atoms with van der Waals surface area (Å²) in [5.41, 5.74) is 0.00936. The first-order valence-electron chi connectivity index (χ1n) is 12.1.